The number of carbonyl (C=O) groups excluding carboxylic acids is 1. The molecular weight excluding hydrogens is 256 g/mol. The number of carbonyl (C=O) groups is 1. The van der Waals surface area contributed by atoms with Crippen molar-refractivity contribution in [1.29, 1.82) is 0 Å². The summed E-state index contributed by atoms with van der Waals surface area (Å²) in [7, 11) is 1.65. The molecule has 0 aliphatic rings. The molecule has 1 aromatic carbocycles. The van der Waals surface area contributed by atoms with Crippen molar-refractivity contribution in [2.75, 3.05) is 25.6 Å². The molecule has 3 N–H and O–H groups in total. The Kier molecular flexibility index (Phi) is 7.22. The van der Waals surface area contributed by atoms with Gasteiger partial charge in [-0.05, 0) is 31.0 Å². The van der Waals surface area contributed by atoms with E-state index in [2.05, 4.69) is 10.6 Å². The average Bonchev–Trinajstić information content (AvgIpc) is 2.38. The minimum absolute atomic E-state index is 0.0831. The third-order valence-corrected chi connectivity index (χ3v) is 3.04. The Morgan fingerprint density at radius 3 is 2.80 bits per heavy atom. The number of aliphatic hydroxyl groups is 1. The molecule has 0 fully saturated rings. The number of ether oxygens (including phenoxy) is 1. The van der Waals surface area contributed by atoms with Crippen molar-refractivity contribution in [3.05, 3.63) is 29.8 Å². The summed E-state index contributed by atoms with van der Waals surface area (Å²) in [5.41, 5.74) is 1.87. The van der Waals surface area contributed by atoms with Gasteiger partial charge in [-0.25, -0.2) is 0 Å². The van der Waals surface area contributed by atoms with Gasteiger partial charge in [0.15, 0.2) is 0 Å². The summed E-state index contributed by atoms with van der Waals surface area (Å²) >= 11 is 0. The Hall–Kier alpha value is -1.43. The van der Waals surface area contributed by atoms with Crippen molar-refractivity contribution < 1.29 is 14.6 Å². The van der Waals surface area contributed by atoms with Crippen molar-refractivity contribution >= 4 is 11.6 Å². The summed E-state index contributed by atoms with van der Waals surface area (Å²) in [6.45, 7) is 4.22. The maximum atomic E-state index is 11.1. The van der Waals surface area contributed by atoms with Gasteiger partial charge in [-0.2, -0.15) is 0 Å². The molecule has 0 saturated heterocycles. The Morgan fingerprint density at radius 2 is 2.20 bits per heavy atom. The first-order valence-electron chi connectivity index (χ1n) is 6.80. The van der Waals surface area contributed by atoms with Gasteiger partial charge in [-0.15, -0.1) is 0 Å². The number of aliphatic hydroxyl groups excluding tert-OH is 1. The summed E-state index contributed by atoms with van der Waals surface area (Å²) in [5, 5.41) is 15.2. The van der Waals surface area contributed by atoms with E-state index in [4.69, 9.17) is 9.84 Å². The second-order valence-corrected chi connectivity index (χ2v) is 4.86. The lowest BCUT2D eigenvalue weighted by Crippen LogP contribution is -2.36. The Balaban J connectivity index is 2.69. The van der Waals surface area contributed by atoms with Gasteiger partial charge in [-0.1, -0.05) is 12.1 Å². The zero-order valence-electron chi connectivity index (χ0n) is 12.3. The van der Waals surface area contributed by atoms with Crippen molar-refractivity contribution in [2.24, 2.45) is 0 Å². The standard InChI is InChI=1S/C15H24N2O3/c1-11(16-15(7-8-18)10-20-3)13-5-4-6-14(9-13)17-12(2)19/h4-6,9,11,15-16,18H,7-8,10H2,1-3H3,(H,17,19). The zero-order valence-corrected chi connectivity index (χ0v) is 12.3. The predicted molar refractivity (Wildman–Crippen MR) is 79.7 cm³/mol. The van der Waals surface area contributed by atoms with E-state index in [1.165, 1.54) is 6.92 Å². The highest BCUT2D eigenvalue weighted by molar-refractivity contribution is 5.88. The van der Waals surface area contributed by atoms with Crippen LogP contribution < -0.4 is 10.6 Å². The number of hydrogen-bond donors (Lipinski definition) is 3. The fraction of sp³-hybridized carbons (Fsp3) is 0.533. The summed E-state index contributed by atoms with van der Waals surface area (Å²) in [4.78, 5) is 11.1. The zero-order chi connectivity index (χ0) is 15.0. The molecule has 0 bridgehead atoms. The molecule has 0 aliphatic heterocycles. The van der Waals surface area contributed by atoms with E-state index < -0.39 is 0 Å². The van der Waals surface area contributed by atoms with Crippen LogP contribution in [0.25, 0.3) is 0 Å². The Morgan fingerprint density at radius 1 is 1.45 bits per heavy atom. The fourth-order valence-corrected chi connectivity index (χ4v) is 2.11. The molecule has 0 radical (unpaired) electrons. The molecule has 2 atom stereocenters. The molecule has 5 heteroatoms. The number of hydrogen-bond acceptors (Lipinski definition) is 4. The van der Waals surface area contributed by atoms with Crippen molar-refractivity contribution in [3.8, 4) is 0 Å². The molecule has 0 spiro atoms. The Bertz CT molecular complexity index is 417. The lowest BCUT2D eigenvalue weighted by Gasteiger charge is -2.23. The molecule has 0 aromatic heterocycles. The van der Waals surface area contributed by atoms with Gasteiger partial charge in [0.25, 0.3) is 0 Å². The van der Waals surface area contributed by atoms with E-state index in [-0.39, 0.29) is 24.6 Å². The van der Waals surface area contributed by atoms with Gasteiger partial charge < -0.3 is 20.5 Å². The number of rotatable bonds is 8. The Labute approximate surface area is 120 Å². The first-order valence-corrected chi connectivity index (χ1v) is 6.80. The molecule has 0 heterocycles. The third kappa shape index (κ3) is 5.69. The number of benzene rings is 1. The second kappa shape index (κ2) is 8.68. The van der Waals surface area contributed by atoms with Crippen LogP contribution in [0.3, 0.4) is 0 Å². The third-order valence-electron chi connectivity index (χ3n) is 3.04. The SMILES string of the molecule is COCC(CCO)NC(C)c1cccc(NC(C)=O)c1. The van der Waals surface area contributed by atoms with Crippen LogP contribution in [-0.2, 0) is 9.53 Å². The predicted octanol–water partition coefficient (Wildman–Crippen LogP) is 1.69. The number of nitrogens with one attached hydrogen (secondary N) is 2. The van der Waals surface area contributed by atoms with Gasteiger partial charge in [0.05, 0.1) is 6.61 Å². The number of anilines is 1. The van der Waals surface area contributed by atoms with Gasteiger partial charge in [0, 0.05) is 38.4 Å². The van der Waals surface area contributed by atoms with Crippen molar-refractivity contribution in [2.45, 2.75) is 32.4 Å². The van der Waals surface area contributed by atoms with Crippen LogP contribution in [0.4, 0.5) is 5.69 Å². The van der Waals surface area contributed by atoms with Crippen LogP contribution in [0.15, 0.2) is 24.3 Å². The summed E-state index contributed by atoms with van der Waals surface area (Å²) in [6.07, 6.45) is 0.642. The largest absolute Gasteiger partial charge is 0.396 e. The maximum absolute atomic E-state index is 11.1. The van der Waals surface area contributed by atoms with E-state index in [1.54, 1.807) is 7.11 Å². The normalized spacial score (nSPS) is 13.8. The van der Waals surface area contributed by atoms with Crippen LogP contribution >= 0.6 is 0 Å². The molecular formula is C15H24N2O3. The van der Waals surface area contributed by atoms with E-state index in [0.717, 1.165) is 11.3 Å². The average molecular weight is 280 g/mol. The van der Waals surface area contributed by atoms with E-state index in [0.29, 0.717) is 13.0 Å². The molecule has 2 unspecified atom stereocenters. The van der Waals surface area contributed by atoms with Gasteiger partial charge in [0.2, 0.25) is 5.91 Å². The minimum Gasteiger partial charge on any atom is -0.396 e. The molecule has 1 rings (SSSR count). The lowest BCUT2D eigenvalue weighted by atomic mass is 10.1. The first-order chi connectivity index (χ1) is 9.56. The molecule has 0 saturated carbocycles. The highest BCUT2D eigenvalue weighted by Gasteiger charge is 2.13. The van der Waals surface area contributed by atoms with Crippen LogP contribution in [0.2, 0.25) is 0 Å². The van der Waals surface area contributed by atoms with Crippen LogP contribution in [0.5, 0.6) is 0 Å². The second-order valence-electron chi connectivity index (χ2n) is 4.86. The molecule has 112 valence electrons. The van der Waals surface area contributed by atoms with Crippen LogP contribution in [0.1, 0.15) is 31.9 Å². The van der Waals surface area contributed by atoms with Gasteiger partial charge >= 0.3 is 0 Å². The van der Waals surface area contributed by atoms with Gasteiger partial charge in [-0.3, -0.25) is 4.79 Å². The van der Waals surface area contributed by atoms with E-state index >= 15 is 0 Å². The highest BCUT2D eigenvalue weighted by Crippen LogP contribution is 2.18. The number of methoxy groups -OCH3 is 1. The van der Waals surface area contributed by atoms with Crippen molar-refractivity contribution in [3.63, 3.8) is 0 Å². The quantitative estimate of drug-likeness (QED) is 0.678. The van der Waals surface area contributed by atoms with E-state index in [9.17, 15) is 4.79 Å². The molecule has 1 amide bonds. The summed E-state index contributed by atoms with van der Waals surface area (Å²) < 4.78 is 5.14. The monoisotopic (exact) mass is 280 g/mol. The lowest BCUT2D eigenvalue weighted by molar-refractivity contribution is -0.114. The van der Waals surface area contributed by atoms with Gasteiger partial charge in [0.1, 0.15) is 0 Å². The molecule has 20 heavy (non-hydrogen) atoms. The summed E-state index contributed by atoms with van der Waals surface area (Å²) in [5.74, 6) is -0.0831. The molecule has 0 aliphatic carbocycles. The minimum atomic E-state index is -0.0831. The topological polar surface area (TPSA) is 70.6 Å². The smallest absolute Gasteiger partial charge is 0.221 e. The van der Waals surface area contributed by atoms with Crippen LogP contribution in [0, 0.1) is 0 Å². The summed E-state index contributed by atoms with van der Waals surface area (Å²) in [6, 6.07) is 7.93. The maximum Gasteiger partial charge on any atom is 0.221 e. The number of amides is 1. The molecule has 1 aromatic rings. The molecule has 5 nitrogen and oxygen atoms in total. The van der Waals surface area contributed by atoms with Crippen LogP contribution in [-0.4, -0.2) is 37.4 Å². The first kappa shape index (κ1) is 16.6. The fourth-order valence-electron chi connectivity index (χ4n) is 2.11. The van der Waals surface area contributed by atoms with E-state index in [1.807, 2.05) is 31.2 Å². The highest BCUT2D eigenvalue weighted by atomic mass is 16.5. The van der Waals surface area contributed by atoms with Crippen molar-refractivity contribution in [1.82, 2.24) is 5.32 Å².